The van der Waals surface area contributed by atoms with Crippen molar-refractivity contribution in [1.82, 2.24) is 5.32 Å². The van der Waals surface area contributed by atoms with Crippen LogP contribution in [0.15, 0.2) is 18.2 Å². The van der Waals surface area contributed by atoms with Gasteiger partial charge >= 0.3 is 5.97 Å². The zero-order valence-corrected chi connectivity index (χ0v) is 8.81. The highest BCUT2D eigenvalue weighted by Crippen LogP contribution is 2.25. The zero-order valence-electron chi connectivity index (χ0n) is 8.81. The number of anilines is 1. The number of hydrogen-bond acceptors (Lipinski definition) is 4. The van der Waals surface area contributed by atoms with E-state index in [0.717, 1.165) is 26.2 Å². The van der Waals surface area contributed by atoms with Crippen molar-refractivity contribution in [3.05, 3.63) is 23.8 Å². The summed E-state index contributed by atoms with van der Waals surface area (Å²) < 4.78 is 0. The summed E-state index contributed by atoms with van der Waals surface area (Å²) >= 11 is 0. The van der Waals surface area contributed by atoms with E-state index in [4.69, 9.17) is 5.11 Å². The summed E-state index contributed by atoms with van der Waals surface area (Å²) in [5, 5.41) is 21.6. The SMILES string of the molecule is O=C(O)c1cc(O)ccc1N1CCNCC1. The molecule has 86 valence electrons. The van der Waals surface area contributed by atoms with Crippen LogP contribution in [0.3, 0.4) is 0 Å². The maximum Gasteiger partial charge on any atom is 0.337 e. The molecule has 1 heterocycles. The number of carboxylic acids is 1. The third kappa shape index (κ3) is 2.09. The fourth-order valence-electron chi connectivity index (χ4n) is 1.88. The number of carboxylic acid groups (broad SMARTS) is 1. The van der Waals surface area contributed by atoms with Crippen LogP contribution in [0.1, 0.15) is 10.4 Å². The molecule has 0 amide bonds. The van der Waals surface area contributed by atoms with Crippen LogP contribution in [0.5, 0.6) is 5.75 Å². The van der Waals surface area contributed by atoms with Crippen LogP contribution in [0.4, 0.5) is 5.69 Å². The van der Waals surface area contributed by atoms with Crippen molar-refractivity contribution in [3.8, 4) is 5.75 Å². The van der Waals surface area contributed by atoms with Gasteiger partial charge in [0, 0.05) is 26.2 Å². The first-order chi connectivity index (χ1) is 7.68. The zero-order chi connectivity index (χ0) is 11.5. The van der Waals surface area contributed by atoms with Crippen molar-refractivity contribution in [2.45, 2.75) is 0 Å². The Kier molecular flexibility index (Phi) is 2.96. The van der Waals surface area contributed by atoms with Crippen LogP contribution in [0.2, 0.25) is 0 Å². The van der Waals surface area contributed by atoms with Gasteiger partial charge < -0.3 is 20.4 Å². The predicted molar refractivity (Wildman–Crippen MR) is 60.1 cm³/mol. The van der Waals surface area contributed by atoms with Gasteiger partial charge in [-0.05, 0) is 18.2 Å². The molecule has 0 saturated carbocycles. The van der Waals surface area contributed by atoms with Gasteiger partial charge in [0.1, 0.15) is 5.75 Å². The van der Waals surface area contributed by atoms with Crippen molar-refractivity contribution in [1.29, 1.82) is 0 Å². The normalized spacial score (nSPS) is 16.1. The van der Waals surface area contributed by atoms with Gasteiger partial charge in [-0.3, -0.25) is 0 Å². The molecule has 5 nitrogen and oxygen atoms in total. The molecular formula is C11H14N2O3. The Morgan fingerprint density at radius 3 is 2.62 bits per heavy atom. The van der Waals surface area contributed by atoms with Crippen LogP contribution in [-0.2, 0) is 0 Å². The molecule has 0 aliphatic carbocycles. The van der Waals surface area contributed by atoms with Crippen LogP contribution in [0, 0.1) is 0 Å². The Morgan fingerprint density at radius 2 is 2.00 bits per heavy atom. The van der Waals surface area contributed by atoms with Gasteiger partial charge in [-0.15, -0.1) is 0 Å². The highest BCUT2D eigenvalue weighted by Gasteiger charge is 2.18. The van der Waals surface area contributed by atoms with Crippen LogP contribution in [0.25, 0.3) is 0 Å². The van der Waals surface area contributed by atoms with E-state index >= 15 is 0 Å². The molecule has 1 aromatic rings. The van der Waals surface area contributed by atoms with Crippen molar-refractivity contribution in [2.75, 3.05) is 31.1 Å². The second-order valence-corrected chi connectivity index (χ2v) is 3.74. The van der Waals surface area contributed by atoms with Gasteiger partial charge in [-0.1, -0.05) is 0 Å². The molecular weight excluding hydrogens is 208 g/mol. The molecule has 0 spiro atoms. The summed E-state index contributed by atoms with van der Waals surface area (Å²) in [7, 11) is 0. The maximum atomic E-state index is 11.1. The number of aromatic hydroxyl groups is 1. The minimum absolute atomic E-state index is 0.0173. The second kappa shape index (κ2) is 4.40. The van der Waals surface area contributed by atoms with E-state index in [9.17, 15) is 9.90 Å². The van der Waals surface area contributed by atoms with Crippen molar-refractivity contribution in [3.63, 3.8) is 0 Å². The van der Waals surface area contributed by atoms with Gasteiger partial charge in [-0.25, -0.2) is 4.79 Å². The molecule has 5 heteroatoms. The summed E-state index contributed by atoms with van der Waals surface area (Å²) in [5.74, 6) is -1.03. The second-order valence-electron chi connectivity index (χ2n) is 3.74. The smallest absolute Gasteiger partial charge is 0.337 e. The highest BCUT2D eigenvalue weighted by atomic mass is 16.4. The lowest BCUT2D eigenvalue weighted by molar-refractivity contribution is 0.0697. The lowest BCUT2D eigenvalue weighted by atomic mass is 10.1. The molecule has 1 aliphatic rings. The van der Waals surface area contributed by atoms with Gasteiger partial charge in [0.25, 0.3) is 0 Å². The number of carbonyl (C=O) groups is 1. The summed E-state index contributed by atoms with van der Waals surface area (Å²) in [6.07, 6.45) is 0. The summed E-state index contributed by atoms with van der Waals surface area (Å²) in [5.41, 5.74) is 0.828. The van der Waals surface area contributed by atoms with E-state index in [1.54, 1.807) is 6.07 Å². The van der Waals surface area contributed by atoms with Gasteiger partial charge in [0.2, 0.25) is 0 Å². The largest absolute Gasteiger partial charge is 0.508 e. The first kappa shape index (κ1) is 10.8. The number of piperazine rings is 1. The standard InChI is InChI=1S/C11H14N2O3/c14-8-1-2-10(9(7-8)11(15)16)13-5-3-12-4-6-13/h1-2,7,12,14H,3-6H2,(H,15,16). The summed E-state index contributed by atoms with van der Waals surface area (Å²) in [4.78, 5) is 13.1. The molecule has 16 heavy (non-hydrogen) atoms. The Hall–Kier alpha value is -1.75. The number of phenolic OH excluding ortho intramolecular Hbond substituents is 1. The number of hydrogen-bond donors (Lipinski definition) is 3. The molecule has 0 bridgehead atoms. The average Bonchev–Trinajstić information content (AvgIpc) is 2.30. The Balaban J connectivity index is 2.34. The Morgan fingerprint density at radius 1 is 1.31 bits per heavy atom. The first-order valence-corrected chi connectivity index (χ1v) is 5.20. The fourth-order valence-corrected chi connectivity index (χ4v) is 1.88. The van der Waals surface area contributed by atoms with E-state index in [0.29, 0.717) is 5.69 Å². The molecule has 1 aliphatic heterocycles. The number of rotatable bonds is 2. The van der Waals surface area contributed by atoms with Gasteiger partial charge in [0.05, 0.1) is 11.3 Å². The van der Waals surface area contributed by atoms with E-state index in [1.807, 2.05) is 4.90 Å². The molecule has 0 atom stereocenters. The number of nitrogens with zero attached hydrogens (tertiary/aromatic N) is 1. The molecule has 1 fully saturated rings. The monoisotopic (exact) mass is 222 g/mol. The van der Waals surface area contributed by atoms with E-state index in [2.05, 4.69) is 5.32 Å². The van der Waals surface area contributed by atoms with E-state index < -0.39 is 5.97 Å². The topological polar surface area (TPSA) is 72.8 Å². The number of phenols is 1. The molecule has 1 aromatic carbocycles. The third-order valence-corrected chi connectivity index (χ3v) is 2.67. The molecule has 1 saturated heterocycles. The summed E-state index contributed by atoms with van der Waals surface area (Å²) in [6.45, 7) is 3.26. The van der Waals surface area contributed by atoms with Crippen LogP contribution in [-0.4, -0.2) is 42.4 Å². The maximum absolute atomic E-state index is 11.1. The number of nitrogens with one attached hydrogen (secondary N) is 1. The minimum Gasteiger partial charge on any atom is -0.508 e. The Bertz CT molecular complexity index is 400. The van der Waals surface area contributed by atoms with Crippen molar-refractivity contribution in [2.24, 2.45) is 0 Å². The molecule has 3 N–H and O–H groups in total. The molecule has 2 rings (SSSR count). The highest BCUT2D eigenvalue weighted by molar-refractivity contribution is 5.95. The van der Waals surface area contributed by atoms with Crippen molar-refractivity contribution < 1.29 is 15.0 Å². The third-order valence-electron chi connectivity index (χ3n) is 2.67. The van der Waals surface area contributed by atoms with Crippen molar-refractivity contribution >= 4 is 11.7 Å². The first-order valence-electron chi connectivity index (χ1n) is 5.20. The van der Waals surface area contributed by atoms with Crippen LogP contribution >= 0.6 is 0 Å². The van der Waals surface area contributed by atoms with Gasteiger partial charge in [0.15, 0.2) is 0 Å². The number of benzene rings is 1. The Labute approximate surface area is 93.3 Å². The lowest BCUT2D eigenvalue weighted by Crippen LogP contribution is -2.44. The van der Waals surface area contributed by atoms with Crippen LogP contribution < -0.4 is 10.2 Å². The quantitative estimate of drug-likeness (QED) is 0.679. The number of aromatic carboxylic acids is 1. The minimum atomic E-state index is -1.01. The van der Waals surface area contributed by atoms with E-state index in [-0.39, 0.29) is 11.3 Å². The van der Waals surface area contributed by atoms with E-state index in [1.165, 1.54) is 12.1 Å². The molecule has 0 radical (unpaired) electrons. The molecule has 0 aromatic heterocycles. The fraction of sp³-hybridized carbons (Fsp3) is 0.364. The predicted octanol–water partition coefficient (Wildman–Crippen LogP) is 0.500. The molecule has 0 unspecified atom stereocenters. The lowest BCUT2D eigenvalue weighted by Gasteiger charge is -2.30. The average molecular weight is 222 g/mol. The summed E-state index contributed by atoms with van der Waals surface area (Å²) in [6, 6.07) is 4.47. The van der Waals surface area contributed by atoms with Gasteiger partial charge in [-0.2, -0.15) is 0 Å².